The number of rotatable bonds is 3. The van der Waals surface area contributed by atoms with E-state index in [0.717, 1.165) is 6.42 Å². The standard InChI is InChI=1S/C13H16ClFN2O/c1-2-6-17-11(18)7-10(16)13(17)12-8(14)4-3-5-9(12)15/h3-5,10,13H,2,6-7,16H2,1H3. The van der Waals surface area contributed by atoms with Gasteiger partial charge in [-0.15, -0.1) is 0 Å². The van der Waals surface area contributed by atoms with Crippen LogP contribution in [0.5, 0.6) is 0 Å². The van der Waals surface area contributed by atoms with Gasteiger partial charge in [0.1, 0.15) is 5.82 Å². The van der Waals surface area contributed by atoms with Gasteiger partial charge >= 0.3 is 0 Å². The molecule has 1 aromatic carbocycles. The number of hydrogen-bond donors (Lipinski definition) is 1. The summed E-state index contributed by atoms with van der Waals surface area (Å²) in [5.41, 5.74) is 6.31. The number of nitrogens with two attached hydrogens (primary N) is 1. The normalized spacial score (nSPS) is 23.8. The Hall–Kier alpha value is -1.13. The molecule has 0 aromatic heterocycles. The molecular weight excluding hydrogens is 255 g/mol. The average molecular weight is 271 g/mol. The predicted molar refractivity (Wildman–Crippen MR) is 68.7 cm³/mol. The third-order valence-corrected chi connectivity index (χ3v) is 3.56. The van der Waals surface area contributed by atoms with Gasteiger partial charge in [-0.2, -0.15) is 0 Å². The SMILES string of the molecule is CCCN1C(=O)CC(N)C1c1c(F)cccc1Cl. The third kappa shape index (κ3) is 2.22. The largest absolute Gasteiger partial charge is 0.334 e. The van der Waals surface area contributed by atoms with Crippen LogP contribution in [0.3, 0.4) is 0 Å². The molecule has 5 heteroatoms. The summed E-state index contributed by atoms with van der Waals surface area (Å²) in [7, 11) is 0. The number of halogens is 2. The van der Waals surface area contributed by atoms with E-state index >= 15 is 0 Å². The van der Waals surface area contributed by atoms with Gasteiger partial charge in [-0.3, -0.25) is 4.79 Å². The second-order valence-corrected chi connectivity index (χ2v) is 4.94. The summed E-state index contributed by atoms with van der Waals surface area (Å²) in [6.07, 6.45) is 1.05. The molecule has 2 unspecified atom stereocenters. The van der Waals surface area contributed by atoms with Gasteiger partial charge in [-0.1, -0.05) is 24.6 Å². The van der Waals surface area contributed by atoms with Gasteiger partial charge in [0.05, 0.1) is 6.04 Å². The van der Waals surface area contributed by atoms with Gasteiger partial charge in [-0.05, 0) is 18.6 Å². The first-order valence-electron chi connectivity index (χ1n) is 6.05. The zero-order valence-corrected chi connectivity index (χ0v) is 11.0. The van der Waals surface area contributed by atoms with Crippen molar-refractivity contribution in [2.24, 2.45) is 5.73 Å². The van der Waals surface area contributed by atoms with Gasteiger partial charge in [0.25, 0.3) is 0 Å². The number of amides is 1. The van der Waals surface area contributed by atoms with Crippen molar-refractivity contribution in [3.05, 3.63) is 34.6 Å². The number of hydrogen-bond acceptors (Lipinski definition) is 2. The van der Waals surface area contributed by atoms with Crippen molar-refractivity contribution >= 4 is 17.5 Å². The number of benzene rings is 1. The molecule has 0 radical (unpaired) electrons. The first-order chi connectivity index (χ1) is 8.56. The van der Waals surface area contributed by atoms with E-state index in [4.69, 9.17) is 17.3 Å². The van der Waals surface area contributed by atoms with E-state index in [1.807, 2.05) is 6.92 Å². The quantitative estimate of drug-likeness (QED) is 0.917. The van der Waals surface area contributed by atoms with Gasteiger partial charge in [-0.25, -0.2) is 4.39 Å². The minimum absolute atomic E-state index is 0.0336. The Balaban J connectivity index is 2.43. The van der Waals surface area contributed by atoms with Crippen molar-refractivity contribution in [1.29, 1.82) is 0 Å². The summed E-state index contributed by atoms with van der Waals surface area (Å²) in [4.78, 5) is 13.5. The second-order valence-electron chi connectivity index (χ2n) is 4.54. The van der Waals surface area contributed by atoms with Crippen molar-refractivity contribution in [3.8, 4) is 0 Å². The number of likely N-dealkylation sites (tertiary alicyclic amines) is 1. The van der Waals surface area contributed by atoms with E-state index in [-0.39, 0.29) is 12.3 Å². The molecule has 0 saturated carbocycles. The average Bonchev–Trinajstić information content (AvgIpc) is 2.56. The van der Waals surface area contributed by atoms with E-state index in [9.17, 15) is 9.18 Å². The van der Waals surface area contributed by atoms with Crippen molar-refractivity contribution in [2.45, 2.75) is 31.8 Å². The van der Waals surface area contributed by atoms with Gasteiger partial charge < -0.3 is 10.6 Å². The topological polar surface area (TPSA) is 46.3 Å². The molecule has 1 aliphatic heterocycles. The summed E-state index contributed by atoms with van der Waals surface area (Å²) < 4.78 is 13.9. The molecule has 2 N–H and O–H groups in total. The monoisotopic (exact) mass is 270 g/mol. The highest BCUT2D eigenvalue weighted by molar-refractivity contribution is 6.31. The molecule has 1 amide bonds. The van der Waals surface area contributed by atoms with Crippen LogP contribution in [0, 0.1) is 5.82 Å². The van der Waals surface area contributed by atoms with Gasteiger partial charge in [0.2, 0.25) is 5.91 Å². The first-order valence-corrected chi connectivity index (χ1v) is 6.43. The first kappa shape index (κ1) is 13.3. The molecule has 0 aliphatic carbocycles. The zero-order chi connectivity index (χ0) is 13.3. The minimum atomic E-state index is -0.453. The lowest BCUT2D eigenvalue weighted by Gasteiger charge is -2.27. The Labute approximate surface area is 111 Å². The van der Waals surface area contributed by atoms with Crippen LogP contribution in [0.2, 0.25) is 5.02 Å². The number of carbonyl (C=O) groups excluding carboxylic acids is 1. The fourth-order valence-corrected chi connectivity index (χ4v) is 2.76. The fraction of sp³-hybridized carbons (Fsp3) is 0.462. The Morgan fingerprint density at radius 3 is 2.89 bits per heavy atom. The molecule has 3 nitrogen and oxygen atoms in total. The Morgan fingerprint density at radius 2 is 2.28 bits per heavy atom. The smallest absolute Gasteiger partial charge is 0.224 e. The molecule has 2 rings (SSSR count). The molecular formula is C13H16ClFN2O. The maximum absolute atomic E-state index is 13.9. The van der Waals surface area contributed by atoms with Crippen molar-refractivity contribution < 1.29 is 9.18 Å². The zero-order valence-electron chi connectivity index (χ0n) is 10.2. The van der Waals surface area contributed by atoms with Crippen LogP contribution in [-0.2, 0) is 4.79 Å². The lowest BCUT2D eigenvalue weighted by molar-refractivity contribution is -0.129. The van der Waals surface area contributed by atoms with Crippen molar-refractivity contribution in [1.82, 2.24) is 4.90 Å². The molecule has 98 valence electrons. The van der Waals surface area contributed by atoms with Crippen LogP contribution in [-0.4, -0.2) is 23.4 Å². The summed E-state index contributed by atoms with van der Waals surface area (Å²) in [5, 5.41) is 0.325. The molecule has 1 aromatic rings. The molecule has 1 aliphatic rings. The summed E-state index contributed by atoms with van der Waals surface area (Å²) in [5.74, 6) is -0.438. The third-order valence-electron chi connectivity index (χ3n) is 3.23. The summed E-state index contributed by atoms with van der Waals surface area (Å²) in [6.45, 7) is 2.54. The minimum Gasteiger partial charge on any atom is -0.334 e. The van der Waals surface area contributed by atoms with Crippen molar-refractivity contribution in [2.75, 3.05) is 6.54 Å². The van der Waals surface area contributed by atoms with E-state index < -0.39 is 17.9 Å². The van der Waals surface area contributed by atoms with Crippen LogP contribution in [0.4, 0.5) is 4.39 Å². The number of nitrogens with zero attached hydrogens (tertiary/aromatic N) is 1. The lowest BCUT2D eigenvalue weighted by atomic mass is 10.00. The van der Waals surface area contributed by atoms with Crippen LogP contribution in [0.1, 0.15) is 31.4 Å². The van der Waals surface area contributed by atoms with Crippen LogP contribution in [0.15, 0.2) is 18.2 Å². The molecule has 1 fully saturated rings. The molecule has 0 spiro atoms. The Morgan fingerprint density at radius 1 is 1.56 bits per heavy atom. The second kappa shape index (κ2) is 5.24. The Kier molecular flexibility index (Phi) is 3.88. The molecule has 18 heavy (non-hydrogen) atoms. The van der Waals surface area contributed by atoms with Crippen LogP contribution < -0.4 is 5.73 Å². The maximum Gasteiger partial charge on any atom is 0.224 e. The van der Waals surface area contributed by atoms with E-state index in [0.29, 0.717) is 17.1 Å². The van der Waals surface area contributed by atoms with E-state index in [1.54, 1.807) is 17.0 Å². The van der Waals surface area contributed by atoms with Crippen LogP contribution in [0.25, 0.3) is 0 Å². The molecule has 1 heterocycles. The predicted octanol–water partition coefficient (Wildman–Crippen LogP) is 2.49. The number of carbonyl (C=O) groups is 1. The summed E-state index contributed by atoms with van der Waals surface area (Å²) >= 11 is 6.05. The molecule has 2 atom stereocenters. The van der Waals surface area contributed by atoms with Crippen LogP contribution >= 0.6 is 11.6 Å². The fourth-order valence-electron chi connectivity index (χ4n) is 2.48. The van der Waals surface area contributed by atoms with Crippen molar-refractivity contribution in [3.63, 3.8) is 0 Å². The highest BCUT2D eigenvalue weighted by Crippen LogP contribution is 2.37. The van der Waals surface area contributed by atoms with E-state index in [1.165, 1.54) is 6.07 Å². The Bertz CT molecular complexity index is 446. The highest BCUT2D eigenvalue weighted by atomic mass is 35.5. The van der Waals surface area contributed by atoms with Gasteiger partial charge in [0, 0.05) is 29.6 Å². The maximum atomic E-state index is 13.9. The van der Waals surface area contributed by atoms with E-state index in [2.05, 4.69) is 0 Å². The molecule has 0 bridgehead atoms. The molecule has 1 saturated heterocycles. The lowest BCUT2D eigenvalue weighted by Crippen LogP contribution is -2.34. The summed E-state index contributed by atoms with van der Waals surface area (Å²) in [6, 6.07) is 3.67. The highest BCUT2D eigenvalue weighted by Gasteiger charge is 2.40. The van der Waals surface area contributed by atoms with Gasteiger partial charge in [0.15, 0.2) is 0 Å².